The van der Waals surface area contributed by atoms with Crippen molar-refractivity contribution in [3.63, 3.8) is 0 Å². The van der Waals surface area contributed by atoms with Crippen LogP contribution in [-0.4, -0.2) is 14.1 Å². The molecule has 2 N–H and O–H groups in total. The van der Waals surface area contributed by atoms with Crippen LogP contribution in [0.2, 0.25) is 0 Å². The highest BCUT2D eigenvalue weighted by atomic mass is 14.9. The molecule has 0 bridgehead atoms. The summed E-state index contributed by atoms with van der Waals surface area (Å²) >= 11 is 0. The van der Waals surface area contributed by atoms with Gasteiger partial charge < -0.3 is 10.6 Å². The van der Waals surface area contributed by atoms with Gasteiger partial charge in [-0.05, 0) is 38.1 Å². The number of benzene rings is 1. The van der Waals surface area contributed by atoms with Crippen molar-refractivity contribution in [3.8, 4) is 0 Å². The van der Waals surface area contributed by atoms with Crippen LogP contribution < -0.4 is 10.6 Å². The minimum Gasteiger partial charge on any atom is -0.313 e. The maximum atomic E-state index is 3.58. The predicted molar refractivity (Wildman–Crippen MR) is 172 cm³/mol. The molecule has 0 radical (unpaired) electrons. The molecule has 1 aromatic carbocycles. The third kappa shape index (κ3) is 18.4. The lowest BCUT2D eigenvalue weighted by Crippen LogP contribution is -2.18. The van der Waals surface area contributed by atoms with Crippen LogP contribution in [-0.2, 0) is 0 Å². The smallest absolute Gasteiger partial charge is 0.0317 e. The van der Waals surface area contributed by atoms with E-state index in [1.54, 1.807) is 0 Å². The zero-order chi connectivity index (χ0) is 27.5. The van der Waals surface area contributed by atoms with Crippen molar-refractivity contribution in [2.24, 2.45) is 0 Å². The van der Waals surface area contributed by atoms with E-state index in [-0.39, 0.29) is 0 Å². The van der Waals surface area contributed by atoms with Crippen molar-refractivity contribution in [1.29, 1.82) is 0 Å². The van der Waals surface area contributed by atoms with Gasteiger partial charge in [-0.15, -0.1) is 0 Å². The minimum atomic E-state index is 0.488. The summed E-state index contributed by atoms with van der Waals surface area (Å²) in [6.45, 7) is 4.60. The van der Waals surface area contributed by atoms with Gasteiger partial charge in [-0.3, -0.25) is 0 Å². The fraction of sp³-hybridized carbons (Fsp3) is 0.833. The molecule has 1 aromatic rings. The average Bonchev–Trinajstić information content (AvgIpc) is 2.95. The van der Waals surface area contributed by atoms with E-state index in [4.69, 9.17) is 0 Å². The number of hydrogen-bond donors (Lipinski definition) is 2. The highest BCUT2D eigenvalue weighted by Crippen LogP contribution is 2.25. The predicted octanol–water partition coefficient (Wildman–Crippen LogP) is 11.6. The molecule has 0 heterocycles. The Morgan fingerprint density at radius 1 is 0.395 bits per heavy atom. The molecule has 222 valence electrons. The fourth-order valence-electron chi connectivity index (χ4n) is 5.94. The number of nitrogens with one attached hydrogen (secondary N) is 2. The third-order valence-corrected chi connectivity index (χ3v) is 8.63. The van der Waals surface area contributed by atoms with Crippen LogP contribution >= 0.6 is 0 Å². The SMILES string of the molecule is CCCCCCCCCCCCCC(NC)c1ccc(C(CCCCCCCCCCCCC)NC)cc1. The van der Waals surface area contributed by atoms with E-state index in [1.165, 1.54) is 165 Å². The van der Waals surface area contributed by atoms with Crippen LogP contribution in [0.1, 0.15) is 191 Å². The molecule has 0 amide bonds. The minimum absolute atomic E-state index is 0.488. The highest BCUT2D eigenvalue weighted by Gasteiger charge is 2.12. The number of rotatable bonds is 28. The molecule has 2 heteroatoms. The molecule has 2 atom stereocenters. The highest BCUT2D eigenvalue weighted by molar-refractivity contribution is 5.27. The monoisotopic (exact) mass is 529 g/mol. The molecular weight excluding hydrogens is 460 g/mol. The summed E-state index contributed by atoms with van der Waals surface area (Å²) in [6.07, 6.45) is 33.6. The Morgan fingerprint density at radius 2 is 0.632 bits per heavy atom. The van der Waals surface area contributed by atoms with Crippen LogP contribution in [0.3, 0.4) is 0 Å². The van der Waals surface area contributed by atoms with Gasteiger partial charge in [0.1, 0.15) is 0 Å². The normalized spacial score (nSPS) is 13.2. The van der Waals surface area contributed by atoms with Gasteiger partial charge in [-0.1, -0.05) is 179 Å². The maximum absolute atomic E-state index is 3.58. The van der Waals surface area contributed by atoms with Crippen LogP contribution in [0.4, 0.5) is 0 Å². The lowest BCUT2D eigenvalue weighted by molar-refractivity contribution is 0.487. The van der Waals surface area contributed by atoms with E-state index in [2.05, 4.69) is 62.8 Å². The Balaban J connectivity index is 2.17. The summed E-state index contributed by atoms with van der Waals surface area (Å²) in [5.41, 5.74) is 2.90. The quantitative estimate of drug-likeness (QED) is 0.106. The topological polar surface area (TPSA) is 24.1 Å². The first-order valence-corrected chi connectivity index (χ1v) is 17.2. The van der Waals surface area contributed by atoms with Gasteiger partial charge in [-0.2, -0.15) is 0 Å². The third-order valence-electron chi connectivity index (χ3n) is 8.63. The van der Waals surface area contributed by atoms with Crippen LogP contribution in [0.15, 0.2) is 24.3 Å². The molecular formula is C36H68N2. The molecule has 0 aliphatic heterocycles. The Kier molecular flexibility index (Phi) is 24.4. The molecule has 0 spiro atoms. The zero-order valence-electron chi connectivity index (χ0n) is 26.4. The van der Waals surface area contributed by atoms with Gasteiger partial charge in [0.25, 0.3) is 0 Å². The fourth-order valence-corrected chi connectivity index (χ4v) is 5.94. The largest absolute Gasteiger partial charge is 0.313 e. The van der Waals surface area contributed by atoms with E-state index in [1.807, 2.05) is 0 Å². The van der Waals surface area contributed by atoms with E-state index < -0.39 is 0 Å². The molecule has 0 aliphatic carbocycles. The van der Waals surface area contributed by atoms with Crippen molar-refractivity contribution in [1.82, 2.24) is 10.6 Å². The van der Waals surface area contributed by atoms with Crippen molar-refractivity contribution in [3.05, 3.63) is 35.4 Å². The summed E-state index contributed by atoms with van der Waals surface area (Å²) in [7, 11) is 4.25. The Labute approximate surface area is 239 Å². The Bertz CT molecular complexity index is 543. The average molecular weight is 529 g/mol. The molecule has 0 aliphatic rings. The summed E-state index contributed by atoms with van der Waals surface area (Å²) < 4.78 is 0. The Morgan fingerprint density at radius 3 is 0.868 bits per heavy atom. The van der Waals surface area contributed by atoms with Crippen molar-refractivity contribution in [2.75, 3.05) is 14.1 Å². The van der Waals surface area contributed by atoms with Crippen LogP contribution in [0.5, 0.6) is 0 Å². The van der Waals surface area contributed by atoms with Gasteiger partial charge in [0.2, 0.25) is 0 Å². The van der Waals surface area contributed by atoms with Crippen LogP contribution in [0, 0.1) is 0 Å². The molecule has 0 saturated heterocycles. The van der Waals surface area contributed by atoms with Crippen molar-refractivity contribution >= 4 is 0 Å². The van der Waals surface area contributed by atoms with Gasteiger partial charge in [0.15, 0.2) is 0 Å². The van der Waals surface area contributed by atoms with E-state index in [9.17, 15) is 0 Å². The maximum Gasteiger partial charge on any atom is 0.0317 e. The molecule has 1 rings (SSSR count). The number of unbranched alkanes of at least 4 members (excludes halogenated alkanes) is 20. The second-order valence-corrected chi connectivity index (χ2v) is 12.0. The second kappa shape index (κ2) is 26.4. The first-order chi connectivity index (χ1) is 18.8. The standard InChI is InChI=1S/C36H68N2/c1-5-7-9-11-13-15-17-19-21-23-25-27-35(37-3)33-29-31-34(32-30-33)36(38-4)28-26-24-22-20-18-16-14-12-10-8-6-2/h29-32,35-38H,5-28H2,1-4H3. The summed E-state index contributed by atoms with van der Waals surface area (Å²) in [4.78, 5) is 0. The number of hydrogen-bond acceptors (Lipinski definition) is 2. The summed E-state index contributed by atoms with van der Waals surface area (Å²) in [6, 6.07) is 10.5. The van der Waals surface area contributed by atoms with Crippen LogP contribution in [0.25, 0.3) is 0 Å². The molecule has 0 saturated carbocycles. The Hall–Kier alpha value is -0.860. The van der Waals surface area contributed by atoms with E-state index in [0.717, 1.165) is 0 Å². The first kappa shape index (κ1) is 35.2. The lowest BCUT2D eigenvalue weighted by Gasteiger charge is -2.20. The van der Waals surface area contributed by atoms with Gasteiger partial charge in [0.05, 0.1) is 0 Å². The lowest BCUT2D eigenvalue weighted by atomic mass is 9.95. The van der Waals surface area contributed by atoms with Gasteiger partial charge >= 0.3 is 0 Å². The zero-order valence-corrected chi connectivity index (χ0v) is 26.4. The van der Waals surface area contributed by atoms with Gasteiger partial charge in [0, 0.05) is 12.1 Å². The molecule has 0 fully saturated rings. The summed E-state index contributed by atoms with van der Waals surface area (Å²) in [5, 5.41) is 7.15. The molecule has 2 nitrogen and oxygen atoms in total. The van der Waals surface area contributed by atoms with Crippen molar-refractivity contribution < 1.29 is 0 Å². The van der Waals surface area contributed by atoms with Gasteiger partial charge in [-0.25, -0.2) is 0 Å². The van der Waals surface area contributed by atoms with E-state index in [0.29, 0.717) is 12.1 Å². The molecule has 38 heavy (non-hydrogen) atoms. The first-order valence-electron chi connectivity index (χ1n) is 17.2. The molecule has 0 aromatic heterocycles. The van der Waals surface area contributed by atoms with Crippen molar-refractivity contribution in [2.45, 2.75) is 180 Å². The molecule has 2 unspecified atom stereocenters. The second-order valence-electron chi connectivity index (χ2n) is 12.0. The summed E-state index contributed by atoms with van der Waals surface area (Å²) in [5.74, 6) is 0. The van der Waals surface area contributed by atoms with E-state index >= 15 is 0 Å².